The molecule has 1 amide bonds. The average molecular weight is 301 g/mol. The van der Waals surface area contributed by atoms with Crippen LogP contribution in [-0.2, 0) is 4.79 Å². The van der Waals surface area contributed by atoms with Gasteiger partial charge in [0.2, 0.25) is 0 Å². The van der Waals surface area contributed by atoms with Crippen LogP contribution in [0.5, 0.6) is 0 Å². The number of pyridine rings is 1. The van der Waals surface area contributed by atoms with Crippen molar-refractivity contribution in [1.29, 1.82) is 0 Å². The summed E-state index contributed by atoms with van der Waals surface area (Å²) < 4.78 is 0. The zero-order chi connectivity index (χ0) is 16.5. The molecule has 0 saturated carbocycles. The van der Waals surface area contributed by atoms with Crippen molar-refractivity contribution in [2.75, 3.05) is 0 Å². The van der Waals surface area contributed by atoms with E-state index in [1.54, 1.807) is 25.3 Å². The van der Waals surface area contributed by atoms with Crippen LogP contribution < -0.4 is 5.32 Å². The van der Waals surface area contributed by atoms with Crippen molar-refractivity contribution in [3.05, 3.63) is 35.2 Å². The molecular weight excluding hydrogens is 282 g/mol. The van der Waals surface area contributed by atoms with Gasteiger partial charge in [-0.15, -0.1) is 0 Å². The van der Waals surface area contributed by atoms with E-state index in [1.165, 1.54) is 6.07 Å². The molecule has 1 aromatic rings. The normalized spacial score (nSPS) is 21.3. The second-order valence-electron chi connectivity index (χ2n) is 5.69. The summed E-state index contributed by atoms with van der Waals surface area (Å²) in [6.45, 7) is 7.36. The largest absolute Gasteiger partial charge is 0.478 e. The Morgan fingerprint density at radius 2 is 2.14 bits per heavy atom. The summed E-state index contributed by atoms with van der Waals surface area (Å²) >= 11 is 0. The molecule has 6 nitrogen and oxygen atoms in total. The minimum absolute atomic E-state index is 0.0134. The summed E-state index contributed by atoms with van der Waals surface area (Å²) in [5.74, 6) is -1.15. The quantitative estimate of drug-likeness (QED) is 0.891. The number of amidine groups is 1. The summed E-state index contributed by atoms with van der Waals surface area (Å²) in [6, 6.07) is 1.52. The Morgan fingerprint density at radius 1 is 1.45 bits per heavy atom. The number of carbonyl (C=O) groups excluding carboxylic acids is 1. The Morgan fingerprint density at radius 3 is 2.64 bits per heavy atom. The molecule has 1 aliphatic heterocycles. The summed E-state index contributed by atoms with van der Waals surface area (Å²) in [5.41, 5.74) is -0.0317. The van der Waals surface area contributed by atoms with E-state index < -0.39 is 11.5 Å². The van der Waals surface area contributed by atoms with E-state index in [-0.39, 0.29) is 28.9 Å². The van der Waals surface area contributed by atoms with E-state index in [9.17, 15) is 14.7 Å². The monoisotopic (exact) mass is 301 g/mol. The predicted octanol–water partition coefficient (Wildman–Crippen LogP) is 2.10. The average Bonchev–Trinajstić information content (AvgIpc) is 2.76. The molecular formula is C16H19N3O3. The van der Waals surface area contributed by atoms with Crippen molar-refractivity contribution in [3.8, 4) is 0 Å². The molecule has 1 aliphatic rings. The number of aliphatic imine (C=N–C) groups is 1. The first kappa shape index (κ1) is 15.9. The van der Waals surface area contributed by atoms with E-state index in [4.69, 9.17) is 0 Å². The van der Waals surface area contributed by atoms with E-state index in [2.05, 4.69) is 15.3 Å². The Labute approximate surface area is 129 Å². The second-order valence-corrected chi connectivity index (χ2v) is 5.69. The summed E-state index contributed by atoms with van der Waals surface area (Å²) in [7, 11) is 0. The molecule has 22 heavy (non-hydrogen) atoms. The van der Waals surface area contributed by atoms with Crippen LogP contribution in [0.4, 0.5) is 0 Å². The van der Waals surface area contributed by atoms with E-state index in [0.717, 1.165) is 0 Å². The molecule has 2 rings (SSSR count). The van der Waals surface area contributed by atoms with E-state index in [1.807, 2.05) is 20.8 Å². The van der Waals surface area contributed by atoms with Gasteiger partial charge in [0, 0.05) is 6.20 Å². The van der Waals surface area contributed by atoms with Crippen LogP contribution in [0.25, 0.3) is 6.08 Å². The fraction of sp³-hybridized carbons (Fsp3) is 0.375. The molecule has 0 aliphatic carbocycles. The van der Waals surface area contributed by atoms with Crippen molar-refractivity contribution in [1.82, 2.24) is 10.3 Å². The number of carboxylic acid groups (broad SMARTS) is 1. The van der Waals surface area contributed by atoms with Gasteiger partial charge in [0.25, 0.3) is 5.91 Å². The number of carboxylic acids is 1. The minimum Gasteiger partial charge on any atom is -0.478 e. The van der Waals surface area contributed by atoms with Gasteiger partial charge in [-0.25, -0.2) is 9.79 Å². The number of rotatable bonds is 4. The number of hydrogen-bond donors (Lipinski definition) is 2. The molecule has 2 N–H and O–H groups in total. The topological polar surface area (TPSA) is 91.7 Å². The van der Waals surface area contributed by atoms with Crippen molar-refractivity contribution >= 4 is 23.8 Å². The third-order valence-electron chi connectivity index (χ3n) is 3.88. The van der Waals surface area contributed by atoms with Crippen molar-refractivity contribution in [3.63, 3.8) is 0 Å². The van der Waals surface area contributed by atoms with E-state index in [0.29, 0.717) is 5.56 Å². The van der Waals surface area contributed by atoms with Gasteiger partial charge in [-0.2, -0.15) is 0 Å². The molecule has 0 fully saturated rings. The number of allylic oxidation sites excluding steroid dienone is 1. The smallest absolute Gasteiger partial charge is 0.338 e. The number of amides is 1. The third-order valence-corrected chi connectivity index (χ3v) is 3.88. The zero-order valence-corrected chi connectivity index (χ0v) is 13.0. The van der Waals surface area contributed by atoms with Gasteiger partial charge in [-0.05, 0) is 31.4 Å². The molecule has 1 aromatic heterocycles. The lowest BCUT2D eigenvalue weighted by atomic mass is 9.89. The van der Waals surface area contributed by atoms with Gasteiger partial charge < -0.3 is 10.4 Å². The highest BCUT2D eigenvalue weighted by molar-refractivity contribution is 6.17. The highest BCUT2D eigenvalue weighted by Gasteiger charge is 2.43. The zero-order valence-electron chi connectivity index (χ0n) is 13.0. The third kappa shape index (κ3) is 2.64. The van der Waals surface area contributed by atoms with Gasteiger partial charge in [0.1, 0.15) is 11.2 Å². The molecule has 0 saturated heterocycles. The molecule has 1 unspecified atom stereocenters. The number of carbonyl (C=O) groups is 2. The minimum atomic E-state index is -1.11. The standard InChI is InChI=1S/C16H19N3O3/c1-5-6-10-7-11(14(20)21)12(17-8-10)13-18-15(22)16(4,19-13)9(2)3/h5-9H,1-4H3,(H,20,21)(H,18,19,22)/b6-5+. The molecule has 2 heterocycles. The lowest BCUT2D eigenvalue weighted by Crippen LogP contribution is -2.41. The summed E-state index contributed by atoms with van der Waals surface area (Å²) in [6.07, 6.45) is 5.12. The Kier molecular flexibility index (Phi) is 4.12. The number of aromatic carboxylic acids is 1. The van der Waals surface area contributed by atoms with Crippen LogP contribution >= 0.6 is 0 Å². The lowest BCUT2D eigenvalue weighted by Gasteiger charge is -2.21. The molecule has 0 aromatic carbocycles. The Bertz CT molecular complexity index is 692. The van der Waals surface area contributed by atoms with Crippen LogP contribution in [0.2, 0.25) is 0 Å². The van der Waals surface area contributed by atoms with Gasteiger partial charge in [0.15, 0.2) is 5.84 Å². The maximum Gasteiger partial charge on any atom is 0.338 e. The van der Waals surface area contributed by atoms with Crippen LogP contribution in [-0.4, -0.2) is 33.3 Å². The maximum absolute atomic E-state index is 12.2. The molecule has 0 radical (unpaired) electrons. The summed E-state index contributed by atoms with van der Waals surface area (Å²) in [4.78, 5) is 32.2. The first-order valence-electron chi connectivity index (χ1n) is 7.07. The van der Waals surface area contributed by atoms with Crippen molar-refractivity contribution in [2.45, 2.75) is 33.2 Å². The molecule has 6 heteroatoms. The highest BCUT2D eigenvalue weighted by atomic mass is 16.4. The van der Waals surface area contributed by atoms with Gasteiger partial charge in [0.05, 0.1) is 5.56 Å². The molecule has 0 spiro atoms. The highest BCUT2D eigenvalue weighted by Crippen LogP contribution is 2.27. The van der Waals surface area contributed by atoms with Crippen LogP contribution in [0.1, 0.15) is 49.3 Å². The van der Waals surface area contributed by atoms with E-state index >= 15 is 0 Å². The second kappa shape index (κ2) is 5.71. The van der Waals surface area contributed by atoms with Gasteiger partial charge in [-0.1, -0.05) is 26.0 Å². The summed E-state index contributed by atoms with van der Waals surface area (Å²) in [5, 5.41) is 12.0. The predicted molar refractivity (Wildman–Crippen MR) is 83.8 cm³/mol. The molecule has 1 atom stereocenters. The van der Waals surface area contributed by atoms with Gasteiger partial charge >= 0.3 is 5.97 Å². The van der Waals surface area contributed by atoms with Crippen LogP contribution in [0.15, 0.2) is 23.3 Å². The number of aromatic nitrogens is 1. The lowest BCUT2D eigenvalue weighted by molar-refractivity contribution is -0.124. The van der Waals surface area contributed by atoms with Crippen LogP contribution in [0.3, 0.4) is 0 Å². The number of hydrogen-bond acceptors (Lipinski definition) is 4. The van der Waals surface area contributed by atoms with Gasteiger partial charge in [-0.3, -0.25) is 9.78 Å². The molecule has 116 valence electrons. The van der Waals surface area contributed by atoms with Crippen molar-refractivity contribution in [2.24, 2.45) is 10.9 Å². The molecule has 0 bridgehead atoms. The Balaban J connectivity index is 2.54. The van der Waals surface area contributed by atoms with Crippen LogP contribution in [0, 0.1) is 5.92 Å². The maximum atomic E-state index is 12.2. The first-order chi connectivity index (χ1) is 10.3. The Hall–Kier alpha value is -2.50. The fourth-order valence-electron chi connectivity index (χ4n) is 2.16. The van der Waals surface area contributed by atoms with Crippen molar-refractivity contribution < 1.29 is 14.7 Å². The fourth-order valence-corrected chi connectivity index (χ4v) is 2.16. The first-order valence-corrected chi connectivity index (χ1v) is 7.07. The number of nitrogens with one attached hydrogen (secondary N) is 1. The SMILES string of the molecule is C/C=C/c1cnc(C2=NC(C)(C(C)C)C(=O)N2)c(C(=O)O)c1. The number of nitrogens with zero attached hydrogens (tertiary/aromatic N) is 2.